The minimum atomic E-state index is -0.349. The smallest absolute Gasteiger partial charge is 0.266 e. The average molecular weight is 295 g/mol. The Bertz CT molecular complexity index is 581. The van der Waals surface area contributed by atoms with Crippen LogP contribution in [0.4, 0.5) is 5.13 Å². The van der Waals surface area contributed by atoms with E-state index in [1.165, 1.54) is 17.5 Å². The lowest BCUT2D eigenvalue weighted by molar-refractivity contribution is 0.0953. The van der Waals surface area contributed by atoms with E-state index in [0.29, 0.717) is 16.4 Å². The molecule has 0 saturated carbocycles. The molecule has 0 atom stereocenters. The minimum absolute atomic E-state index is 0.349. The first-order valence-corrected chi connectivity index (χ1v) is 7.22. The van der Waals surface area contributed by atoms with Gasteiger partial charge in [-0.1, -0.05) is 11.3 Å². The molecule has 0 aromatic carbocycles. The number of hydrazine groups is 1. The molecule has 0 unspecified atom stereocenters. The van der Waals surface area contributed by atoms with E-state index in [1.807, 2.05) is 6.92 Å². The van der Waals surface area contributed by atoms with E-state index in [9.17, 15) is 4.79 Å². The predicted molar refractivity (Wildman–Crippen MR) is 76.7 cm³/mol. The second kappa shape index (κ2) is 6.00. The molecular weight excluding hydrogens is 282 g/mol. The van der Waals surface area contributed by atoms with Crippen LogP contribution in [0.3, 0.4) is 0 Å². The molecule has 5 N–H and O–H groups in total. The number of hydrogen-bond donors (Lipinski definition) is 3. The van der Waals surface area contributed by atoms with Gasteiger partial charge in [0, 0.05) is 11.9 Å². The summed E-state index contributed by atoms with van der Waals surface area (Å²) in [5, 5.41) is 0.572. The molecule has 100 valence electrons. The minimum Gasteiger partial charge on any atom is -0.375 e. The van der Waals surface area contributed by atoms with Crippen LogP contribution in [-0.4, -0.2) is 15.9 Å². The second-order valence-electron chi connectivity index (χ2n) is 3.73. The molecule has 8 heteroatoms. The monoisotopic (exact) mass is 295 g/mol. The van der Waals surface area contributed by atoms with E-state index in [-0.39, 0.29) is 5.91 Å². The van der Waals surface area contributed by atoms with Gasteiger partial charge in [0.2, 0.25) is 0 Å². The summed E-state index contributed by atoms with van der Waals surface area (Å²) < 4.78 is 1.09. The third-order valence-electron chi connectivity index (χ3n) is 2.34. The fourth-order valence-electron chi connectivity index (χ4n) is 1.40. The molecule has 0 aliphatic rings. The number of aryl methyl sites for hydroxylation is 1. The van der Waals surface area contributed by atoms with Crippen molar-refractivity contribution >= 4 is 34.1 Å². The van der Waals surface area contributed by atoms with Crippen molar-refractivity contribution in [3.8, 4) is 0 Å². The first-order chi connectivity index (χ1) is 9.10. The topological polar surface area (TPSA) is 107 Å². The normalized spacial score (nSPS) is 10.4. The average Bonchev–Trinajstić information content (AvgIpc) is 2.74. The van der Waals surface area contributed by atoms with Gasteiger partial charge in [-0.3, -0.25) is 15.2 Å². The number of nitrogen functional groups attached to an aromatic ring is 2. The van der Waals surface area contributed by atoms with Gasteiger partial charge in [0.1, 0.15) is 0 Å². The third-order valence-corrected chi connectivity index (χ3v) is 4.72. The number of anilines is 1. The molecule has 2 heterocycles. The Hall–Kier alpha value is -1.64. The Morgan fingerprint density at radius 3 is 2.84 bits per heavy atom. The second-order valence-corrected chi connectivity index (χ2v) is 6.00. The number of aromatic nitrogens is 2. The summed E-state index contributed by atoms with van der Waals surface area (Å²) in [6.45, 7) is 1.93. The largest absolute Gasteiger partial charge is 0.375 e. The third kappa shape index (κ3) is 3.43. The molecule has 2 aromatic rings. The van der Waals surface area contributed by atoms with Crippen LogP contribution in [0.2, 0.25) is 0 Å². The van der Waals surface area contributed by atoms with E-state index in [0.717, 1.165) is 15.6 Å². The fraction of sp³-hybridized carbons (Fsp3) is 0.182. The van der Waals surface area contributed by atoms with Crippen molar-refractivity contribution in [2.75, 3.05) is 5.73 Å². The van der Waals surface area contributed by atoms with Crippen molar-refractivity contribution in [2.45, 2.75) is 16.9 Å². The summed E-state index contributed by atoms with van der Waals surface area (Å²) in [6, 6.07) is 3.50. The zero-order chi connectivity index (χ0) is 13.8. The first-order valence-electron chi connectivity index (χ1n) is 5.41. The van der Waals surface area contributed by atoms with Crippen molar-refractivity contribution in [3.05, 3.63) is 35.3 Å². The highest BCUT2D eigenvalue weighted by Crippen LogP contribution is 2.32. The lowest BCUT2D eigenvalue weighted by Gasteiger charge is -2.02. The molecule has 0 saturated heterocycles. The number of amides is 1. The SMILES string of the molecule is Cc1nc(N)sc1SCc1ccc(C(=O)NN)cn1. The summed E-state index contributed by atoms with van der Waals surface area (Å²) >= 11 is 3.10. The van der Waals surface area contributed by atoms with E-state index < -0.39 is 0 Å². The molecule has 0 aliphatic carbocycles. The van der Waals surface area contributed by atoms with Crippen LogP contribution in [0.25, 0.3) is 0 Å². The van der Waals surface area contributed by atoms with Gasteiger partial charge in [0.25, 0.3) is 5.91 Å². The summed E-state index contributed by atoms with van der Waals surface area (Å²) in [6.07, 6.45) is 1.51. The number of hydrogen-bond acceptors (Lipinski definition) is 7. The highest BCUT2D eigenvalue weighted by Gasteiger charge is 2.08. The zero-order valence-corrected chi connectivity index (χ0v) is 11.8. The molecule has 0 spiro atoms. The lowest BCUT2D eigenvalue weighted by Crippen LogP contribution is -2.30. The highest BCUT2D eigenvalue weighted by molar-refractivity contribution is 8.00. The van der Waals surface area contributed by atoms with Crippen LogP contribution in [0.5, 0.6) is 0 Å². The Morgan fingerprint density at radius 1 is 1.53 bits per heavy atom. The Morgan fingerprint density at radius 2 is 2.32 bits per heavy atom. The Labute approximate surface area is 118 Å². The molecule has 2 aromatic heterocycles. The van der Waals surface area contributed by atoms with Crippen molar-refractivity contribution in [1.29, 1.82) is 0 Å². The van der Waals surface area contributed by atoms with Crippen molar-refractivity contribution in [1.82, 2.24) is 15.4 Å². The van der Waals surface area contributed by atoms with Crippen molar-refractivity contribution in [2.24, 2.45) is 5.84 Å². The van der Waals surface area contributed by atoms with Crippen LogP contribution < -0.4 is 17.0 Å². The van der Waals surface area contributed by atoms with Crippen molar-refractivity contribution in [3.63, 3.8) is 0 Å². The number of rotatable bonds is 4. The molecule has 6 nitrogen and oxygen atoms in total. The van der Waals surface area contributed by atoms with Gasteiger partial charge >= 0.3 is 0 Å². The van der Waals surface area contributed by atoms with Gasteiger partial charge in [-0.15, -0.1) is 11.8 Å². The van der Waals surface area contributed by atoms with Gasteiger partial charge in [0.15, 0.2) is 5.13 Å². The van der Waals surface area contributed by atoms with Gasteiger partial charge < -0.3 is 5.73 Å². The molecule has 2 rings (SSSR count). The summed E-state index contributed by atoms with van der Waals surface area (Å²) in [5.41, 5.74) is 9.96. The quantitative estimate of drug-likeness (QED) is 0.340. The Balaban J connectivity index is 2.00. The van der Waals surface area contributed by atoms with Gasteiger partial charge in [-0.2, -0.15) is 0 Å². The standard InChI is InChI=1S/C11H13N5OS2/c1-6-10(19-11(12)15-6)18-5-8-3-2-7(4-14-8)9(17)16-13/h2-4H,5,13H2,1H3,(H2,12,15)(H,16,17). The summed E-state index contributed by atoms with van der Waals surface area (Å²) in [4.78, 5) is 19.6. The number of nitrogens with one attached hydrogen (secondary N) is 1. The summed E-state index contributed by atoms with van der Waals surface area (Å²) in [5.74, 6) is 5.40. The van der Waals surface area contributed by atoms with Crippen LogP contribution >= 0.6 is 23.1 Å². The molecule has 0 radical (unpaired) electrons. The van der Waals surface area contributed by atoms with E-state index in [4.69, 9.17) is 11.6 Å². The highest BCUT2D eigenvalue weighted by atomic mass is 32.2. The number of nitrogens with zero attached hydrogens (tertiary/aromatic N) is 2. The zero-order valence-electron chi connectivity index (χ0n) is 10.2. The van der Waals surface area contributed by atoms with E-state index in [2.05, 4.69) is 15.4 Å². The molecular formula is C11H13N5OS2. The van der Waals surface area contributed by atoms with E-state index in [1.54, 1.807) is 23.9 Å². The molecule has 0 aliphatic heterocycles. The number of carbonyl (C=O) groups excluding carboxylic acids is 1. The lowest BCUT2D eigenvalue weighted by atomic mass is 10.2. The van der Waals surface area contributed by atoms with Gasteiger partial charge in [-0.25, -0.2) is 10.8 Å². The molecule has 1 amide bonds. The number of pyridine rings is 1. The number of nitrogens with two attached hydrogens (primary N) is 2. The predicted octanol–water partition coefficient (Wildman–Crippen LogP) is 1.32. The van der Waals surface area contributed by atoms with Crippen LogP contribution in [0.15, 0.2) is 22.5 Å². The van der Waals surface area contributed by atoms with Gasteiger partial charge in [-0.05, 0) is 19.1 Å². The Kier molecular flexibility index (Phi) is 4.35. The van der Waals surface area contributed by atoms with Crippen LogP contribution in [-0.2, 0) is 5.75 Å². The number of thiazole rings is 1. The van der Waals surface area contributed by atoms with Gasteiger partial charge in [0.05, 0.1) is 21.2 Å². The molecule has 19 heavy (non-hydrogen) atoms. The summed E-state index contributed by atoms with van der Waals surface area (Å²) in [7, 11) is 0. The van der Waals surface area contributed by atoms with Crippen molar-refractivity contribution < 1.29 is 4.79 Å². The maximum Gasteiger partial charge on any atom is 0.266 e. The number of carbonyl (C=O) groups is 1. The first kappa shape index (κ1) is 13.8. The van der Waals surface area contributed by atoms with Crippen LogP contribution in [0.1, 0.15) is 21.7 Å². The molecule has 0 fully saturated rings. The maximum atomic E-state index is 11.2. The maximum absolute atomic E-state index is 11.2. The van der Waals surface area contributed by atoms with Crippen LogP contribution in [0, 0.1) is 6.92 Å². The number of thioether (sulfide) groups is 1. The van der Waals surface area contributed by atoms with E-state index >= 15 is 0 Å². The molecule has 0 bridgehead atoms. The fourth-order valence-corrected chi connectivity index (χ4v) is 3.34.